The molecule has 6 nitrogen and oxygen atoms in total. The second kappa shape index (κ2) is 6.74. The first-order valence-electron chi connectivity index (χ1n) is 7.06. The van der Waals surface area contributed by atoms with Gasteiger partial charge in [0.1, 0.15) is 10.6 Å². The third kappa shape index (κ3) is 3.36. The SMILES string of the molecule is CCOC(=O)c1sc(NC(=O)c2ccnn2C(C)C)cc1C. The lowest BCUT2D eigenvalue weighted by Crippen LogP contribution is -2.18. The lowest BCUT2D eigenvalue weighted by atomic mass is 10.3. The summed E-state index contributed by atoms with van der Waals surface area (Å²) in [6, 6.07) is 3.53. The fraction of sp³-hybridized carbons (Fsp3) is 0.400. The molecule has 2 aromatic heterocycles. The van der Waals surface area contributed by atoms with E-state index in [1.807, 2.05) is 20.8 Å². The summed E-state index contributed by atoms with van der Waals surface area (Å²) in [7, 11) is 0. The van der Waals surface area contributed by atoms with Gasteiger partial charge < -0.3 is 10.1 Å². The van der Waals surface area contributed by atoms with Crippen molar-refractivity contribution >= 4 is 28.2 Å². The molecular weight excluding hydrogens is 302 g/mol. The van der Waals surface area contributed by atoms with Gasteiger partial charge in [-0.1, -0.05) is 0 Å². The number of esters is 1. The van der Waals surface area contributed by atoms with Gasteiger partial charge in [0, 0.05) is 12.2 Å². The molecule has 2 aromatic rings. The van der Waals surface area contributed by atoms with Crippen LogP contribution in [0, 0.1) is 6.92 Å². The first-order chi connectivity index (χ1) is 10.4. The molecule has 2 rings (SSSR count). The standard InChI is InChI=1S/C15H19N3O3S/c1-5-21-15(20)13-10(4)8-12(22-13)17-14(19)11-6-7-16-18(11)9(2)3/h6-9H,5H2,1-4H3,(H,17,19). The van der Waals surface area contributed by atoms with Crippen LogP contribution in [0.15, 0.2) is 18.3 Å². The molecule has 22 heavy (non-hydrogen) atoms. The number of thiophene rings is 1. The maximum Gasteiger partial charge on any atom is 0.348 e. The van der Waals surface area contributed by atoms with E-state index in [1.165, 1.54) is 11.3 Å². The van der Waals surface area contributed by atoms with E-state index < -0.39 is 0 Å². The summed E-state index contributed by atoms with van der Waals surface area (Å²) in [4.78, 5) is 24.6. The topological polar surface area (TPSA) is 73.2 Å². The Morgan fingerprint density at radius 1 is 1.45 bits per heavy atom. The van der Waals surface area contributed by atoms with Crippen LogP contribution in [0.25, 0.3) is 0 Å². The molecule has 1 N–H and O–H groups in total. The van der Waals surface area contributed by atoms with Gasteiger partial charge in [-0.15, -0.1) is 11.3 Å². The van der Waals surface area contributed by atoms with Crippen LogP contribution in [-0.4, -0.2) is 28.3 Å². The van der Waals surface area contributed by atoms with Gasteiger partial charge in [-0.05, 0) is 45.4 Å². The third-order valence-corrected chi connectivity index (χ3v) is 4.14. The second-order valence-corrected chi connectivity index (χ2v) is 6.10. The van der Waals surface area contributed by atoms with Gasteiger partial charge in [0.2, 0.25) is 0 Å². The van der Waals surface area contributed by atoms with E-state index in [0.717, 1.165) is 5.56 Å². The number of hydrogen-bond donors (Lipinski definition) is 1. The third-order valence-electron chi connectivity index (χ3n) is 3.01. The molecule has 0 aliphatic heterocycles. The monoisotopic (exact) mass is 321 g/mol. The number of nitrogens with zero attached hydrogens (tertiary/aromatic N) is 2. The van der Waals surface area contributed by atoms with Crippen LogP contribution >= 0.6 is 11.3 Å². The number of carbonyl (C=O) groups excluding carboxylic acids is 2. The lowest BCUT2D eigenvalue weighted by molar-refractivity contribution is 0.0531. The van der Waals surface area contributed by atoms with Crippen LogP contribution in [0.3, 0.4) is 0 Å². The highest BCUT2D eigenvalue weighted by Gasteiger charge is 2.18. The minimum absolute atomic E-state index is 0.0934. The smallest absolute Gasteiger partial charge is 0.348 e. The number of hydrogen-bond acceptors (Lipinski definition) is 5. The number of amides is 1. The summed E-state index contributed by atoms with van der Waals surface area (Å²) in [6.07, 6.45) is 1.60. The summed E-state index contributed by atoms with van der Waals surface area (Å²) in [5, 5.41) is 7.56. The maximum atomic E-state index is 12.3. The summed E-state index contributed by atoms with van der Waals surface area (Å²) in [5.41, 5.74) is 1.27. The fourth-order valence-corrected chi connectivity index (χ4v) is 2.99. The molecule has 0 aliphatic carbocycles. The summed E-state index contributed by atoms with van der Waals surface area (Å²) >= 11 is 1.21. The van der Waals surface area contributed by atoms with E-state index >= 15 is 0 Å². The van der Waals surface area contributed by atoms with E-state index in [1.54, 1.807) is 29.9 Å². The van der Waals surface area contributed by atoms with E-state index in [-0.39, 0.29) is 17.9 Å². The summed E-state index contributed by atoms with van der Waals surface area (Å²) in [6.45, 7) is 7.81. The highest BCUT2D eigenvalue weighted by molar-refractivity contribution is 7.18. The van der Waals surface area contributed by atoms with Gasteiger partial charge in [0.15, 0.2) is 0 Å². The minimum Gasteiger partial charge on any atom is -0.462 e. The van der Waals surface area contributed by atoms with Crippen LogP contribution in [0.2, 0.25) is 0 Å². The highest BCUT2D eigenvalue weighted by Crippen LogP contribution is 2.27. The Labute approximate surface area is 133 Å². The van der Waals surface area contributed by atoms with E-state index in [4.69, 9.17) is 4.74 Å². The van der Waals surface area contributed by atoms with Crippen LogP contribution in [0.1, 0.15) is 52.5 Å². The highest BCUT2D eigenvalue weighted by atomic mass is 32.1. The average molecular weight is 321 g/mol. The molecule has 0 radical (unpaired) electrons. The van der Waals surface area contributed by atoms with Gasteiger partial charge in [-0.3, -0.25) is 9.48 Å². The number of aromatic nitrogens is 2. The van der Waals surface area contributed by atoms with Crippen molar-refractivity contribution in [2.24, 2.45) is 0 Å². The van der Waals surface area contributed by atoms with Crippen LogP contribution in [0.4, 0.5) is 5.00 Å². The molecule has 0 unspecified atom stereocenters. The molecular formula is C15H19N3O3S. The molecule has 0 bridgehead atoms. The number of aryl methyl sites for hydroxylation is 1. The molecule has 2 heterocycles. The zero-order valence-electron chi connectivity index (χ0n) is 13.0. The zero-order valence-corrected chi connectivity index (χ0v) is 13.9. The Hall–Kier alpha value is -2.15. The van der Waals surface area contributed by atoms with E-state index in [0.29, 0.717) is 22.2 Å². The first kappa shape index (κ1) is 16.2. The Balaban J connectivity index is 2.17. The van der Waals surface area contributed by atoms with Gasteiger partial charge in [0.25, 0.3) is 5.91 Å². The number of carbonyl (C=O) groups is 2. The largest absolute Gasteiger partial charge is 0.462 e. The van der Waals surface area contributed by atoms with Crippen molar-refractivity contribution in [2.45, 2.75) is 33.7 Å². The van der Waals surface area contributed by atoms with E-state index in [2.05, 4.69) is 10.4 Å². The number of nitrogens with one attached hydrogen (secondary N) is 1. The summed E-state index contributed by atoms with van der Waals surface area (Å²) < 4.78 is 6.65. The lowest BCUT2D eigenvalue weighted by Gasteiger charge is -2.10. The molecule has 0 aliphatic rings. The predicted octanol–water partition coefficient (Wildman–Crippen LogP) is 3.26. The zero-order chi connectivity index (χ0) is 16.3. The molecule has 0 saturated carbocycles. The van der Waals surface area contributed by atoms with Gasteiger partial charge >= 0.3 is 5.97 Å². The van der Waals surface area contributed by atoms with Crippen LogP contribution < -0.4 is 5.32 Å². The minimum atomic E-state index is -0.363. The van der Waals surface area contributed by atoms with Crippen molar-refractivity contribution in [3.05, 3.63) is 34.5 Å². The maximum absolute atomic E-state index is 12.3. The number of rotatable bonds is 5. The van der Waals surface area contributed by atoms with Crippen molar-refractivity contribution in [1.82, 2.24) is 9.78 Å². The Morgan fingerprint density at radius 3 is 2.82 bits per heavy atom. The van der Waals surface area contributed by atoms with Crippen molar-refractivity contribution in [1.29, 1.82) is 0 Å². The Bertz CT molecular complexity index is 688. The van der Waals surface area contributed by atoms with Crippen LogP contribution in [-0.2, 0) is 4.74 Å². The quantitative estimate of drug-likeness (QED) is 0.858. The second-order valence-electron chi connectivity index (χ2n) is 5.05. The first-order valence-corrected chi connectivity index (χ1v) is 7.88. The van der Waals surface area contributed by atoms with E-state index in [9.17, 15) is 9.59 Å². The van der Waals surface area contributed by atoms with Gasteiger partial charge in [-0.25, -0.2) is 4.79 Å². The fourth-order valence-electron chi connectivity index (χ4n) is 2.02. The summed E-state index contributed by atoms with van der Waals surface area (Å²) in [5.74, 6) is -0.611. The Kier molecular flexibility index (Phi) is 4.97. The average Bonchev–Trinajstić information content (AvgIpc) is 3.05. The molecule has 0 fully saturated rings. The normalized spacial score (nSPS) is 10.8. The van der Waals surface area contributed by atoms with Crippen molar-refractivity contribution in [3.8, 4) is 0 Å². The predicted molar refractivity (Wildman–Crippen MR) is 85.6 cm³/mol. The van der Waals surface area contributed by atoms with Crippen molar-refractivity contribution in [3.63, 3.8) is 0 Å². The molecule has 0 atom stereocenters. The van der Waals surface area contributed by atoms with Gasteiger partial charge in [-0.2, -0.15) is 5.10 Å². The molecule has 0 saturated heterocycles. The molecule has 7 heteroatoms. The molecule has 118 valence electrons. The van der Waals surface area contributed by atoms with Crippen LogP contribution in [0.5, 0.6) is 0 Å². The number of ether oxygens (including phenoxy) is 1. The molecule has 0 aromatic carbocycles. The molecule has 0 spiro atoms. The molecule has 1 amide bonds. The van der Waals surface area contributed by atoms with Crippen molar-refractivity contribution in [2.75, 3.05) is 11.9 Å². The van der Waals surface area contributed by atoms with Crippen molar-refractivity contribution < 1.29 is 14.3 Å². The number of anilines is 1. The van der Waals surface area contributed by atoms with Gasteiger partial charge in [0.05, 0.1) is 11.6 Å². The Morgan fingerprint density at radius 2 is 2.18 bits per heavy atom.